The summed E-state index contributed by atoms with van der Waals surface area (Å²) in [5.74, 6) is -0.312. The Bertz CT molecular complexity index is 518. The van der Waals surface area contributed by atoms with Crippen LogP contribution in [-0.2, 0) is 4.74 Å². The predicted molar refractivity (Wildman–Crippen MR) is 94.5 cm³/mol. The van der Waals surface area contributed by atoms with Crippen LogP contribution in [0, 0.1) is 6.92 Å². The minimum Gasteiger partial charge on any atom is -0.462 e. The molecule has 0 unspecified atom stereocenters. The number of thiocarbonyl (C=S) groups is 1. The summed E-state index contributed by atoms with van der Waals surface area (Å²) in [7, 11) is 4.08. The Morgan fingerprint density at radius 2 is 2.09 bits per heavy atom. The Labute approximate surface area is 138 Å². The zero-order chi connectivity index (χ0) is 16.5. The smallest absolute Gasteiger partial charge is 0.338 e. The quantitative estimate of drug-likeness (QED) is 0.457. The number of ether oxygens (including phenoxy) is 1. The molecule has 5 nitrogen and oxygen atoms in total. The molecule has 0 amide bonds. The number of esters is 1. The van der Waals surface area contributed by atoms with Crippen LogP contribution in [0.1, 0.15) is 29.3 Å². The first-order valence-corrected chi connectivity index (χ1v) is 7.82. The zero-order valence-electron chi connectivity index (χ0n) is 13.7. The SMILES string of the molecule is CCOC(=O)c1cccc(NC(=S)NCCCN(C)C)c1C. The third kappa shape index (κ3) is 5.99. The highest BCUT2D eigenvalue weighted by molar-refractivity contribution is 7.80. The first-order chi connectivity index (χ1) is 10.5. The summed E-state index contributed by atoms with van der Waals surface area (Å²) < 4.78 is 5.05. The van der Waals surface area contributed by atoms with Gasteiger partial charge in [-0.3, -0.25) is 0 Å². The van der Waals surface area contributed by atoms with Crippen molar-refractivity contribution in [3.8, 4) is 0 Å². The average molecular weight is 323 g/mol. The van der Waals surface area contributed by atoms with Crippen molar-refractivity contribution >= 4 is 29.0 Å². The minimum absolute atomic E-state index is 0.312. The molecule has 0 aromatic heterocycles. The highest BCUT2D eigenvalue weighted by atomic mass is 32.1. The summed E-state index contributed by atoms with van der Waals surface area (Å²) in [4.78, 5) is 14.0. The maximum Gasteiger partial charge on any atom is 0.338 e. The van der Waals surface area contributed by atoms with E-state index in [-0.39, 0.29) is 5.97 Å². The second kappa shape index (κ2) is 9.38. The van der Waals surface area contributed by atoms with Gasteiger partial charge in [0, 0.05) is 12.2 Å². The van der Waals surface area contributed by atoms with Gasteiger partial charge in [0.25, 0.3) is 0 Å². The molecule has 0 aliphatic carbocycles. The maximum absolute atomic E-state index is 11.9. The molecule has 0 radical (unpaired) electrons. The third-order valence-electron chi connectivity index (χ3n) is 3.15. The normalized spacial score (nSPS) is 10.4. The van der Waals surface area contributed by atoms with E-state index in [0.29, 0.717) is 17.3 Å². The number of nitrogens with one attached hydrogen (secondary N) is 2. The van der Waals surface area contributed by atoms with Crippen molar-refractivity contribution in [1.82, 2.24) is 10.2 Å². The standard InChI is InChI=1S/C16H25N3O2S/c1-5-21-15(20)13-8-6-9-14(12(13)2)18-16(22)17-10-7-11-19(3)4/h6,8-9H,5,7,10-11H2,1-4H3,(H2,17,18,22). The van der Waals surface area contributed by atoms with E-state index in [1.807, 2.05) is 33.2 Å². The van der Waals surface area contributed by atoms with Crippen LogP contribution in [0.25, 0.3) is 0 Å². The molecule has 122 valence electrons. The Morgan fingerprint density at radius 3 is 2.73 bits per heavy atom. The fourth-order valence-electron chi connectivity index (χ4n) is 1.96. The molecule has 0 bridgehead atoms. The van der Waals surface area contributed by atoms with E-state index in [0.717, 1.165) is 30.8 Å². The van der Waals surface area contributed by atoms with Gasteiger partial charge in [0.15, 0.2) is 5.11 Å². The van der Waals surface area contributed by atoms with Crippen LogP contribution in [0.5, 0.6) is 0 Å². The van der Waals surface area contributed by atoms with Gasteiger partial charge < -0.3 is 20.3 Å². The second-order valence-electron chi connectivity index (χ2n) is 5.24. The Kier molecular flexibility index (Phi) is 7.84. The molecule has 0 saturated carbocycles. The fourth-order valence-corrected chi connectivity index (χ4v) is 2.18. The molecule has 0 saturated heterocycles. The van der Waals surface area contributed by atoms with Gasteiger partial charge in [0.05, 0.1) is 12.2 Å². The number of benzene rings is 1. The number of nitrogens with zero attached hydrogens (tertiary/aromatic N) is 1. The molecule has 0 aliphatic rings. The molecule has 0 fully saturated rings. The van der Waals surface area contributed by atoms with Crippen molar-refractivity contribution < 1.29 is 9.53 Å². The van der Waals surface area contributed by atoms with E-state index < -0.39 is 0 Å². The van der Waals surface area contributed by atoms with Crippen LogP contribution in [0.2, 0.25) is 0 Å². The molecular weight excluding hydrogens is 298 g/mol. The topological polar surface area (TPSA) is 53.6 Å². The lowest BCUT2D eigenvalue weighted by Gasteiger charge is -2.15. The molecule has 22 heavy (non-hydrogen) atoms. The highest BCUT2D eigenvalue weighted by Gasteiger charge is 2.12. The molecule has 1 aromatic rings. The van der Waals surface area contributed by atoms with Crippen molar-refractivity contribution in [3.05, 3.63) is 29.3 Å². The van der Waals surface area contributed by atoms with Gasteiger partial charge in [-0.2, -0.15) is 0 Å². The Morgan fingerprint density at radius 1 is 1.36 bits per heavy atom. The monoisotopic (exact) mass is 323 g/mol. The van der Waals surface area contributed by atoms with Crippen LogP contribution in [0.4, 0.5) is 5.69 Å². The van der Waals surface area contributed by atoms with Crippen LogP contribution in [0.3, 0.4) is 0 Å². The van der Waals surface area contributed by atoms with Crippen molar-refractivity contribution in [3.63, 3.8) is 0 Å². The van der Waals surface area contributed by atoms with E-state index in [2.05, 4.69) is 15.5 Å². The average Bonchev–Trinajstić information content (AvgIpc) is 2.46. The lowest BCUT2D eigenvalue weighted by atomic mass is 10.1. The van der Waals surface area contributed by atoms with Gasteiger partial charge in [0.1, 0.15) is 0 Å². The summed E-state index contributed by atoms with van der Waals surface area (Å²) >= 11 is 5.28. The number of hydrogen-bond acceptors (Lipinski definition) is 4. The Hall–Kier alpha value is -1.66. The first-order valence-electron chi connectivity index (χ1n) is 7.42. The van der Waals surface area contributed by atoms with Gasteiger partial charge in [0.2, 0.25) is 0 Å². The molecule has 0 aliphatic heterocycles. The van der Waals surface area contributed by atoms with Gasteiger partial charge in [-0.25, -0.2) is 4.79 Å². The van der Waals surface area contributed by atoms with Crippen molar-refractivity contribution in [2.75, 3.05) is 39.1 Å². The van der Waals surface area contributed by atoms with Crippen molar-refractivity contribution in [2.45, 2.75) is 20.3 Å². The van der Waals surface area contributed by atoms with Gasteiger partial charge in [-0.05, 0) is 70.8 Å². The number of hydrogen-bond donors (Lipinski definition) is 2. The molecule has 6 heteroatoms. The molecule has 2 N–H and O–H groups in total. The van der Waals surface area contributed by atoms with Crippen molar-refractivity contribution in [2.24, 2.45) is 0 Å². The lowest BCUT2D eigenvalue weighted by Crippen LogP contribution is -2.31. The van der Waals surface area contributed by atoms with E-state index >= 15 is 0 Å². The number of carbonyl (C=O) groups excluding carboxylic acids is 1. The second-order valence-corrected chi connectivity index (χ2v) is 5.64. The van der Waals surface area contributed by atoms with Crippen LogP contribution in [-0.4, -0.2) is 49.8 Å². The lowest BCUT2D eigenvalue weighted by molar-refractivity contribution is 0.0525. The Balaban J connectivity index is 2.60. The van der Waals surface area contributed by atoms with E-state index in [1.165, 1.54) is 0 Å². The molecule has 0 spiro atoms. The van der Waals surface area contributed by atoms with Gasteiger partial charge in [-0.1, -0.05) is 6.07 Å². The molecule has 0 atom stereocenters. The summed E-state index contributed by atoms with van der Waals surface area (Å²) in [6.45, 7) is 5.85. The first kappa shape index (κ1) is 18.4. The number of rotatable bonds is 7. The highest BCUT2D eigenvalue weighted by Crippen LogP contribution is 2.19. The van der Waals surface area contributed by atoms with Crippen LogP contribution < -0.4 is 10.6 Å². The van der Waals surface area contributed by atoms with Crippen LogP contribution >= 0.6 is 12.2 Å². The summed E-state index contributed by atoms with van der Waals surface area (Å²) in [5.41, 5.74) is 2.20. The van der Waals surface area contributed by atoms with E-state index in [4.69, 9.17) is 17.0 Å². The summed E-state index contributed by atoms with van der Waals surface area (Å²) in [6, 6.07) is 5.47. The summed E-state index contributed by atoms with van der Waals surface area (Å²) in [6.07, 6.45) is 1.01. The van der Waals surface area contributed by atoms with E-state index in [9.17, 15) is 4.79 Å². The number of anilines is 1. The largest absolute Gasteiger partial charge is 0.462 e. The fraction of sp³-hybridized carbons (Fsp3) is 0.500. The molecular formula is C16H25N3O2S. The van der Waals surface area contributed by atoms with Crippen LogP contribution in [0.15, 0.2) is 18.2 Å². The summed E-state index contributed by atoms with van der Waals surface area (Å²) in [5, 5.41) is 6.86. The van der Waals surface area contributed by atoms with Gasteiger partial charge in [-0.15, -0.1) is 0 Å². The third-order valence-corrected chi connectivity index (χ3v) is 3.39. The molecule has 1 aromatic carbocycles. The molecule has 1 rings (SSSR count). The van der Waals surface area contributed by atoms with Gasteiger partial charge >= 0.3 is 5.97 Å². The minimum atomic E-state index is -0.312. The predicted octanol–water partition coefficient (Wildman–Crippen LogP) is 2.41. The van der Waals surface area contributed by atoms with Crippen molar-refractivity contribution in [1.29, 1.82) is 0 Å². The van der Waals surface area contributed by atoms with E-state index in [1.54, 1.807) is 13.0 Å². The molecule has 0 heterocycles. The number of carbonyl (C=O) groups is 1. The maximum atomic E-state index is 11.9. The zero-order valence-corrected chi connectivity index (χ0v) is 14.5.